The van der Waals surface area contributed by atoms with Gasteiger partial charge in [-0.1, -0.05) is 39.0 Å². The molecule has 0 bridgehead atoms. The molecule has 1 atom stereocenters. The zero-order valence-corrected chi connectivity index (χ0v) is 9.42. The molecule has 1 aromatic carbocycles. The zero-order valence-electron chi connectivity index (χ0n) is 9.42. The van der Waals surface area contributed by atoms with E-state index in [0.29, 0.717) is 5.92 Å². The van der Waals surface area contributed by atoms with Crippen LogP contribution in [-0.4, -0.2) is 6.61 Å². The van der Waals surface area contributed by atoms with Gasteiger partial charge in [-0.15, -0.1) is 0 Å². The molecule has 0 radical (unpaired) electrons. The Kier molecular flexibility index (Phi) is 4.51. The van der Waals surface area contributed by atoms with Gasteiger partial charge in [0.2, 0.25) is 0 Å². The van der Waals surface area contributed by atoms with Gasteiger partial charge in [-0.25, -0.2) is 0 Å². The summed E-state index contributed by atoms with van der Waals surface area (Å²) in [6.07, 6.45) is 2.42. The number of fused-ring (bicyclic) bond motifs is 1. The molecule has 14 heavy (non-hydrogen) atoms. The largest absolute Gasteiger partial charge is 0.493 e. The molecule has 0 aromatic heterocycles. The summed E-state index contributed by atoms with van der Waals surface area (Å²) in [5, 5.41) is 0. The van der Waals surface area contributed by atoms with Gasteiger partial charge in [0.15, 0.2) is 0 Å². The van der Waals surface area contributed by atoms with E-state index in [-0.39, 0.29) is 0 Å². The first kappa shape index (κ1) is 11.1. The molecule has 1 heterocycles. The van der Waals surface area contributed by atoms with Crippen molar-refractivity contribution in [2.24, 2.45) is 0 Å². The summed E-state index contributed by atoms with van der Waals surface area (Å²) in [4.78, 5) is 0. The topological polar surface area (TPSA) is 9.23 Å². The Morgan fingerprint density at radius 1 is 1.21 bits per heavy atom. The summed E-state index contributed by atoms with van der Waals surface area (Å²) < 4.78 is 5.62. The predicted molar refractivity (Wildman–Crippen MR) is 60.9 cm³/mol. The molecule has 1 aliphatic rings. The van der Waals surface area contributed by atoms with Crippen LogP contribution >= 0.6 is 0 Å². The van der Waals surface area contributed by atoms with E-state index in [0.717, 1.165) is 12.4 Å². The standard InChI is InChI=1S/C11H14O.C2H6/c1-9-5-4-8-12-11-7-3-2-6-10(9)11;1-2/h2-3,6-7,9H,4-5,8H2,1H3;1-2H3. The van der Waals surface area contributed by atoms with Gasteiger partial charge < -0.3 is 4.74 Å². The molecule has 0 amide bonds. The van der Waals surface area contributed by atoms with Crippen molar-refractivity contribution >= 4 is 0 Å². The van der Waals surface area contributed by atoms with Gasteiger partial charge in [-0.3, -0.25) is 0 Å². The van der Waals surface area contributed by atoms with Crippen molar-refractivity contribution in [2.45, 2.75) is 39.5 Å². The average Bonchev–Trinajstić information content (AvgIpc) is 2.45. The smallest absolute Gasteiger partial charge is 0.122 e. The highest BCUT2D eigenvalue weighted by molar-refractivity contribution is 5.36. The van der Waals surface area contributed by atoms with E-state index in [2.05, 4.69) is 25.1 Å². The summed E-state index contributed by atoms with van der Waals surface area (Å²) in [5.41, 5.74) is 1.37. The van der Waals surface area contributed by atoms with Crippen molar-refractivity contribution in [3.05, 3.63) is 29.8 Å². The van der Waals surface area contributed by atoms with Crippen LogP contribution in [0.2, 0.25) is 0 Å². The fourth-order valence-corrected chi connectivity index (χ4v) is 1.75. The summed E-state index contributed by atoms with van der Waals surface area (Å²) in [6, 6.07) is 8.36. The van der Waals surface area contributed by atoms with E-state index < -0.39 is 0 Å². The second-order valence-electron chi connectivity index (χ2n) is 3.43. The maximum absolute atomic E-state index is 5.62. The number of rotatable bonds is 0. The lowest BCUT2D eigenvalue weighted by molar-refractivity contribution is 0.316. The number of benzene rings is 1. The van der Waals surface area contributed by atoms with E-state index in [4.69, 9.17) is 4.74 Å². The number of hydrogen-bond acceptors (Lipinski definition) is 1. The highest BCUT2D eigenvalue weighted by Gasteiger charge is 2.14. The Hall–Kier alpha value is -0.980. The molecule has 1 nitrogen and oxygen atoms in total. The van der Waals surface area contributed by atoms with Crippen molar-refractivity contribution in [2.75, 3.05) is 6.61 Å². The van der Waals surface area contributed by atoms with Gasteiger partial charge in [0.05, 0.1) is 6.61 Å². The first-order chi connectivity index (χ1) is 6.88. The van der Waals surface area contributed by atoms with E-state index >= 15 is 0 Å². The maximum Gasteiger partial charge on any atom is 0.122 e. The van der Waals surface area contributed by atoms with Gasteiger partial charge in [0.25, 0.3) is 0 Å². The van der Waals surface area contributed by atoms with Gasteiger partial charge in [0, 0.05) is 0 Å². The third kappa shape index (κ3) is 2.50. The van der Waals surface area contributed by atoms with E-state index in [1.54, 1.807) is 0 Å². The molecular formula is C13H20O. The summed E-state index contributed by atoms with van der Waals surface area (Å²) >= 11 is 0. The second kappa shape index (κ2) is 5.69. The minimum absolute atomic E-state index is 0.656. The third-order valence-electron chi connectivity index (χ3n) is 2.49. The minimum atomic E-state index is 0.656. The fraction of sp³-hybridized carbons (Fsp3) is 0.538. The van der Waals surface area contributed by atoms with Crippen LogP contribution in [0, 0.1) is 0 Å². The fourth-order valence-electron chi connectivity index (χ4n) is 1.75. The van der Waals surface area contributed by atoms with Crippen molar-refractivity contribution < 1.29 is 4.74 Å². The normalized spacial score (nSPS) is 19.5. The lowest BCUT2D eigenvalue weighted by Crippen LogP contribution is -1.93. The van der Waals surface area contributed by atoms with Crippen molar-refractivity contribution in [1.29, 1.82) is 0 Å². The molecule has 0 saturated carbocycles. The first-order valence-electron chi connectivity index (χ1n) is 5.59. The first-order valence-corrected chi connectivity index (χ1v) is 5.59. The summed E-state index contributed by atoms with van der Waals surface area (Å²) in [5.74, 6) is 1.74. The molecule has 0 spiro atoms. The molecule has 0 fully saturated rings. The minimum Gasteiger partial charge on any atom is -0.493 e. The molecule has 78 valence electrons. The molecule has 1 aromatic rings. The summed E-state index contributed by atoms with van der Waals surface area (Å²) in [6.45, 7) is 7.15. The number of ether oxygens (including phenoxy) is 1. The van der Waals surface area contributed by atoms with Crippen molar-refractivity contribution in [3.63, 3.8) is 0 Å². The van der Waals surface area contributed by atoms with Crippen LogP contribution in [0.3, 0.4) is 0 Å². The molecule has 1 aliphatic heterocycles. The Labute approximate surface area is 87.1 Å². The Balaban J connectivity index is 0.000000461. The quantitative estimate of drug-likeness (QED) is 0.604. The van der Waals surface area contributed by atoms with Gasteiger partial charge in [-0.05, 0) is 30.4 Å². The van der Waals surface area contributed by atoms with Crippen molar-refractivity contribution in [1.82, 2.24) is 0 Å². The average molecular weight is 192 g/mol. The molecule has 2 rings (SSSR count). The second-order valence-corrected chi connectivity index (χ2v) is 3.43. The highest BCUT2D eigenvalue weighted by atomic mass is 16.5. The van der Waals surface area contributed by atoms with Crippen LogP contribution in [-0.2, 0) is 0 Å². The van der Waals surface area contributed by atoms with Crippen LogP contribution in [0.25, 0.3) is 0 Å². The van der Waals surface area contributed by atoms with Gasteiger partial charge >= 0.3 is 0 Å². The number of para-hydroxylation sites is 1. The Bertz CT molecular complexity index is 268. The van der Waals surface area contributed by atoms with E-state index in [1.165, 1.54) is 18.4 Å². The lowest BCUT2D eigenvalue weighted by atomic mass is 9.97. The van der Waals surface area contributed by atoms with Crippen LogP contribution in [0.4, 0.5) is 0 Å². The van der Waals surface area contributed by atoms with E-state index in [9.17, 15) is 0 Å². The van der Waals surface area contributed by atoms with Crippen LogP contribution in [0.1, 0.15) is 45.1 Å². The molecular weight excluding hydrogens is 172 g/mol. The SMILES string of the molecule is CC.CC1CCCOc2ccccc21. The predicted octanol–water partition coefficient (Wildman–Crippen LogP) is 3.99. The number of hydrogen-bond donors (Lipinski definition) is 0. The molecule has 0 aliphatic carbocycles. The Morgan fingerprint density at radius 3 is 2.71 bits per heavy atom. The van der Waals surface area contributed by atoms with Crippen LogP contribution < -0.4 is 4.74 Å². The maximum atomic E-state index is 5.62. The van der Waals surface area contributed by atoms with Crippen LogP contribution in [0.5, 0.6) is 5.75 Å². The molecule has 0 N–H and O–H groups in total. The molecule has 0 saturated heterocycles. The van der Waals surface area contributed by atoms with Gasteiger partial charge in [0.1, 0.15) is 5.75 Å². The van der Waals surface area contributed by atoms with Gasteiger partial charge in [-0.2, -0.15) is 0 Å². The highest BCUT2D eigenvalue weighted by Crippen LogP contribution is 2.31. The summed E-state index contributed by atoms with van der Waals surface area (Å²) in [7, 11) is 0. The lowest BCUT2D eigenvalue weighted by Gasteiger charge is -2.10. The van der Waals surface area contributed by atoms with Crippen LogP contribution in [0.15, 0.2) is 24.3 Å². The monoisotopic (exact) mass is 192 g/mol. The molecule has 1 heteroatoms. The van der Waals surface area contributed by atoms with Crippen molar-refractivity contribution in [3.8, 4) is 5.75 Å². The zero-order chi connectivity index (χ0) is 10.4. The third-order valence-corrected chi connectivity index (χ3v) is 2.49. The van der Waals surface area contributed by atoms with E-state index in [1.807, 2.05) is 19.9 Å². The Morgan fingerprint density at radius 2 is 1.93 bits per heavy atom. The molecule has 1 unspecified atom stereocenters.